The molecule has 7 nitrogen and oxygen atoms in total. The fourth-order valence-corrected chi connectivity index (χ4v) is 1.90. The Morgan fingerprint density at radius 2 is 2.14 bits per heavy atom. The third kappa shape index (κ3) is 3.60. The van der Waals surface area contributed by atoms with Crippen molar-refractivity contribution in [2.24, 2.45) is 11.7 Å². The summed E-state index contributed by atoms with van der Waals surface area (Å²) in [5.74, 6) is 11.2. The van der Waals surface area contributed by atoms with Crippen LogP contribution in [0.2, 0.25) is 5.02 Å². The van der Waals surface area contributed by atoms with Gasteiger partial charge in [-0.2, -0.15) is 0 Å². The highest BCUT2D eigenvalue weighted by Gasteiger charge is 2.17. The van der Waals surface area contributed by atoms with Gasteiger partial charge < -0.3 is 4.74 Å². The number of ether oxygens (including phenoxy) is 1. The number of hydrogen-bond donors (Lipinski definition) is 3. The van der Waals surface area contributed by atoms with Gasteiger partial charge in [-0.05, 0) is 18.2 Å². The molecule has 5 N–H and O–H groups in total. The van der Waals surface area contributed by atoms with Crippen LogP contribution in [0.5, 0.6) is 5.88 Å². The number of anilines is 1. The summed E-state index contributed by atoms with van der Waals surface area (Å²) in [5, 5.41) is 1.28. The molecule has 0 radical (unpaired) electrons. The monoisotopic (exact) mass is 307 g/mol. The van der Waals surface area contributed by atoms with Crippen LogP contribution < -0.4 is 26.9 Å². The van der Waals surface area contributed by atoms with Gasteiger partial charge >= 0.3 is 6.03 Å². The van der Waals surface area contributed by atoms with Crippen LogP contribution in [0.15, 0.2) is 42.6 Å². The van der Waals surface area contributed by atoms with Crippen molar-refractivity contribution in [3.05, 3.63) is 53.2 Å². The van der Waals surface area contributed by atoms with Crippen molar-refractivity contribution in [1.82, 2.24) is 10.4 Å². The lowest BCUT2D eigenvalue weighted by molar-refractivity contribution is 0.246. The normalized spacial score (nSPS) is 10.0. The SMILES string of the molecule is NNC(=O)N(N)c1cccc(Cl)c1COc1ccccn1. The Kier molecular flexibility index (Phi) is 4.94. The predicted octanol–water partition coefficient (Wildman–Crippen LogP) is 1.58. The van der Waals surface area contributed by atoms with E-state index in [0.29, 0.717) is 22.2 Å². The number of halogens is 1. The molecule has 0 saturated heterocycles. The maximum atomic E-state index is 11.5. The number of nitrogens with two attached hydrogens (primary N) is 2. The average Bonchev–Trinajstić information content (AvgIpc) is 2.53. The van der Waals surface area contributed by atoms with Crippen molar-refractivity contribution in [1.29, 1.82) is 0 Å². The van der Waals surface area contributed by atoms with Crippen LogP contribution in [-0.2, 0) is 6.61 Å². The number of carbonyl (C=O) groups is 1. The van der Waals surface area contributed by atoms with E-state index in [1.807, 2.05) is 5.43 Å². The molecule has 21 heavy (non-hydrogen) atoms. The Morgan fingerprint density at radius 3 is 2.81 bits per heavy atom. The number of carbonyl (C=O) groups excluding carboxylic acids is 1. The molecule has 1 heterocycles. The van der Waals surface area contributed by atoms with E-state index in [1.54, 1.807) is 42.6 Å². The molecule has 0 aliphatic carbocycles. The molecular weight excluding hydrogens is 294 g/mol. The van der Waals surface area contributed by atoms with Gasteiger partial charge in [0.25, 0.3) is 0 Å². The fourth-order valence-electron chi connectivity index (χ4n) is 1.67. The minimum atomic E-state index is -0.670. The minimum Gasteiger partial charge on any atom is -0.473 e. The molecule has 0 aliphatic rings. The van der Waals surface area contributed by atoms with Gasteiger partial charge in [0.15, 0.2) is 0 Å². The molecule has 0 spiro atoms. The van der Waals surface area contributed by atoms with Gasteiger partial charge in [0.2, 0.25) is 5.88 Å². The van der Waals surface area contributed by atoms with Gasteiger partial charge in [-0.1, -0.05) is 23.7 Å². The molecule has 0 aliphatic heterocycles. The Bertz CT molecular complexity index is 623. The maximum absolute atomic E-state index is 11.5. The van der Waals surface area contributed by atoms with Crippen molar-refractivity contribution in [2.75, 3.05) is 5.01 Å². The first-order chi connectivity index (χ1) is 10.1. The Labute approximate surface area is 126 Å². The van der Waals surface area contributed by atoms with Crippen molar-refractivity contribution < 1.29 is 9.53 Å². The van der Waals surface area contributed by atoms with Crippen molar-refractivity contribution in [3.8, 4) is 5.88 Å². The number of aromatic nitrogens is 1. The smallest absolute Gasteiger partial charge is 0.350 e. The van der Waals surface area contributed by atoms with Crippen molar-refractivity contribution in [2.45, 2.75) is 6.61 Å². The van der Waals surface area contributed by atoms with E-state index >= 15 is 0 Å². The summed E-state index contributed by atoms with van der Waals surface area (Å²) in [5.41, 5.74) is 2.89. The Morgan fingerprint density at radius 1 is 1.33 bits per heavy atom. The van der Waals surface area contributed by atoms with Gasteiger partial charge in [-0.15, -0.1) is 0 Å². The molecule has 2 aromatic rings. The number of rotatable bonds is 4. The summed E-state index contributed by atoms with van der Waals surface area (Å²) < 4.78 is 5.54. The zero-order valence-electron chi connectivity index (χ0n) is 11.0. The number of hydrogen-bond acceptors (Lipinski definition) is 5. The van der Waals surface area contributed by atoms with Crippen molar-refractivity contribution in [3.63, 3.8) is 0 Å². The highest BCUT2D eigenvalue weighted by atomic mass is 35.5. The molecule has 110 valence electrons. The quantitative estimate of drug-likeness (QED) is 0.451. The lowest BCUT2D eigenvalue weighted by Gasteiger charge is -2.20. The molecule has 0 saturated carbocycles. The number of nitrogens with zero attached hydrogens (tertiary/aromatic N) is 2. The second-order valence-electron chi connectivity index (χ2n) is 4.01. The average molecular weight is 308 g/mol. The van der Waals surface area contributed by atoms with Crippen LogP contribution in [-0.4, -0.2) is 11.0 Å². The first-order valence-electron chi connectivity index (χ1n) is 6.00. The van der Waals surface area contributed by atoms with E-state index < -0.39 is 6.03 Å². The first kappa shape index (κ1) is 15.0. The van der Waals surface area contributed by atoms with E-state index in [9.17, 15) is 4.79 Å². The molecule has 0 unspecified atom stereocenters. The third-order valence-corrected chi connectivity index (χ3v) is 3.05. The van der Waals surface area contributed by atoms with Crippen LogP contribution in [0.3, 0.4) is 0 Å². The van der Waals surface area contributed by atoms with E-state index in [2.05, 4.69) is 4.98 Å². The summed E-state index contributed by atoms with van der Waals surface area (Å²) >= 11 is 6.14. The molecule has 0 atom stereocenters. The van der Waals surface area contributed by atoms with E-state index in [0.717, 1.165) is 5.01 Å². The largest absolute Gasteiger partial charge is 0.473 e. The Hall–Kier alpha value is -2.35. The molecule has 2 amide bonds. The summed E-state index contributed by atoms with van der Waals surface area (Å²) in [6.07, 6.45) is 1.61. The lowest BCUT2D eigenvalue weighted by Crippen LogP contribution is -2.48. The third-order valence-electron chi connectivity index (χ3n) is 2.70. The summed E-state index contributed by atoms with van der Waals surface area (Å²) in [6, 6.07) is 9.61. The molecule has 0 fully saturated rings. The molecule has 1 aromatic heterocycles. The highest BCUT2D eigenvalue weighted by molar-refractivity contribution is 6.31. The molecule has 8 heteroatoms. The predicted molar refractivity (Wildman–Crippen MR) is 79.4 cm³/mol. The second-order valence-corrected chi connectivity index (χ2v) is 4.42. The number of hydrazine groups is 2. The molecule has 0 bridgehead atoms. The van der Waals surface area contributed by atoms with Crippen molar-refractivity contribution >= 4 is 23.3 Å². The topological polar surface area (TPSA) is 106 Å². The molecular formula is C13H14ClN5O2. The number of nitrogens with one attached hydrogen (secondary N) is 1. The number of benzene rings is 1. The second kappa shape index (κ2) is 6.89. The minimum absolute atomic E-state index is 0.109. The van der Waals surface area contributed by atoms with E-state index in [-0.39, 0.29) is 6.61 Å². The molecule has 2 rings (SSSR count). The standard InChI is InChI=1S/C13H14ClN5O2/c14-10-4-3-5-11(19(16)13(20)18-15)9(10)8-21-12-6-1-2-7-17-12/h1-7H,8,15-16H2,(H,18,20). The van der Waals surface area contributed by atoms with E-state index in [1.165, 1.54) is 0 Å². The highest BCUT2D eigenvalue weighted by Crippen LogP contribution is 2.27. The van der Waals surface area contributed by atoms with Gasteiger partial charge in [0.05, 0.1) is 5.69 Å². The van der Waals surface area contributed by atoms with Gasteiger partial charge in [-0.25, -0.2) is 26.5 Å². The molecule has 1 aromatic carbocycles. The summed E-state index contributed by atoms with van der Waals surface area (Å²) in [7, 11) is 0. The summed E-state index contributed by atoms with van der Waals surface area (Å²) in [6.45, 7) is 0.109. The van der Waals surface area contributed by atoms with Crippen LogP contribution in [0, 0.1) is 0 Å². The number of urea groups is 1. The lowest BCUT2D eigenvalue weighted by atomic mass is 10.2. The Balaban J connectivity index is 2.24. The first-order valence-corrected chi connectivity index (χ1v) is 6.38. The van der Waals surface area contributed by atoms with E-state index in [4.69, 9.17) is 28.0 Å². The van der Waals surface area contributed by atoms with Gasteiger partial charge in [0, 0.05) is 22.8 Å². The van der Waals surface area contributed by atoms with Crippen LogP contribution in [0.25, 0.3) is 0 Å². The number of amides is 2. The van der Waals surface area contributed by atoms with Gasteiger partial charge in [-0.3, -0.25) is 5.43 Å². The zero-order chi connectivity index (χ0) is 15.2. The van der Waals surface area contributed by atoms with Crippen LogP contribution >= 0.6 is 11.6 Å². The number of pyridine rings is 1. The fraction of sp³-hybridized carbons (Fsp3) is 0.0769. The zero-order valence-corrected chi connectivity index (χ0v) is 11.7. The maximum Gasteiger partial charge on any atom is 0.350 e. The van der Waals surface area contributed by atoms with Crippen LogP contribution in [0.1, 0.15) is 5.56 Å². The van der Waals surface area contributed by atoms with Crippen LogP contribution in [0.4, 0.5) is 10.5 Å². The summed E-state index contributed by atoms with van der Waals surface area (Å²) in [4.78, 5) is 15.6. The van der Waals surface area contributed by atoms with Gasteiger partial charge in [0.1, 0.15) is 6.61 Å².